The lowest BCUT2D eigenvalue weighted by molar-refractivity contribution is 0.435. The first-order valence-corrected chi connectivity index (χ1v) is 23.8. The number of nitrogens with zero attached hydrogens (tertiary/aromatic N) is 2. The molecule has 0 fully saturated rings. The molecule has 11 aromatic carbocycles. The standard InChI is InChI=1S/C63H38N2OS/c1-2-19-43-39(15-1)16-13-27-53(43)64(41-34-36-55-48(37-41)45-20-3-7-26-54(45)65(55)56-28-14-32-60-62(56)47-21-4-10-31-59(47)67-60)42-33-35-44-46-22-11-17-40-18-12-25-51(61(40)46)63(52(44)38-42)49-23-5-8-29-57(49)66-58-30-9-6-24-50(58)63/h1-38H. The first kappa shape index (κ1) is 36.9. The lowest BCUT2D eigenvalue weighted by Gasteiger charge is -2.45. The predicted molar refractivity (Wildman–Crippen MR) is 281 cm³/mol. The van der Waals surface area contributed by atoms with E-state index in [1.54, 1.807) is 0 Å². The molecular formula is C63H38N2OS. The number of hydrogen-bond acceptors (Lipinski definition) is 3. The van der Waals surface area contributed by atoms with Gasteiger partial charge in [-0.25, -0.2) is 0 Å². The predicted octanol–water partition coefficient (Wildman–Crippen LogP) is 17.4. The van der Waals surface area contributed by atoms with Gasteiger partial charge in [-0.2, -0.15) is 0 Å². The van der Waals surface area contributed by atoms with Crippen molar-refractivity contribution in [3.63, 3.8) is 0 Å². The largest absolute Gasteiger partial charge is 0.457 e. The molecule has 1 spiro atoms. The Bertz CT molecular complexity index is 4180. The Hall–Kier alpha value is -8.44. The third-order valence-corrected chi connectivity index (χ3v) is 15.7. The average Bonchev–Trinajstić information content (AvgIpc) is 3.94. The van der Waals surface area contributed by atoms with Crippen molar-refractivity contribution in [1.82, 2.24) is 4.57 Å². The summed E-state index contributed by atoms with van der Waals surface area (Å²) >= 11 is 1.86. The smallest absolute Gasteiger partial charge is 0.132 e. The van der Waals surface area contributed by atoms with Gasteiger partial charge in [0, 0.05) is 58.8 Å². The van der Waals surface area contributed by atoms with Crippen LogP contribution in [0.3, 0.4) is 0 Å². The Morgan fingerprint density at radius 2 is 1.00 bits per heavy atom. The topological polar surface area (TPSA) is 17.4 Å². The van der Waals surface area contributed by atoms with E-state index >= 15 is 0 Å². The Labute approximate surface area is 390 Å². The third-order valence-electron chi connectivity index (χ3n) is 14.6. The summed E-state index contributed by atoms with van der Waals surface area (Å²) in [5.41, 5.74) is 13.5. The monoisotopic (exact) mass is 870 g/mol. The van der Waals surface area contributed by atoms with Gasteiger partial charge in [0.2, 0.25) is 0 Å². The van der Waals surface area contributed by atoms with Crippen LogP contribution in [0.4, 0.5) is 17.1 Å². The number of fused-ring (bicyclic) bond motifs is 15. The fourth-order valence-electron chi connectivity index (χ4n) is 11.9. The molecule has 312 valence electrons. The van der Waals surface area contributed by atoms with Crippen LogP contribution in [0.1, 0.15) is 22.3 Å². The van der Waals surface area contributed by atoms with Crippen LogP contribution in [0.2, 0.25) is 0 Å². The summed E-state index contributed by atoms with van der Waals surface area (Å²) in [4.78, 5) is 2.49. The van der Waals surface area contributed by atoms with E-state index in [2.05, 4.69) is 240 Å². The van der Waals surface area contributed by atoms with E-state index in [0.717, 1.165) is 39.7 Å². The van der Waals surface area contributed by atoms with E-state index < -0.39 is 5.41 Å². The highest BCUT2D eigenvalue weighted by molar-refractivity contribution is 7.25. The second-order valence-corrected chi connectivity index (χ2v) is 19.0. The number of thiophene rings is 1. The fraction of sp³-hybridized carbons (Fsp3) is 0.0159. The maximum atomic E-state index is 6.81. The van der Waals surface area contributed by atoms with Crippen molar-refractivity contribution in [3.05, 3.63) is 253 Å². The van der Waals surface area contributed by atoms with Crippen LogP contribution in [0, 0.1) is 0 Å². The van der Waals surface area contributed by atoms with Gasteiger partial charge < -0.3 is 14.2 Å². The van der Waals surface area contributed by atoms with E-state index in [4.69, 9.17) is 4.74 Å². The van der Waals surface area contributed by atoms with Gasteiger partial charge in [0.15, 0.2) is 0 Å². The summed E-state index contributed by atoms with van der Waals surface area (Å²) in [6, 6.07) is 85.2. The fourth-order valence-corrected chi connectivity index (χ4v) is 13.1. The van der Waals surface area contributed by atoms with Crippen molar-refractivity contribution in [3.8, 4) is 28.3 Å². The van der Waals surface area contributed by atoms with Gasteiger partial charge in [-0.05, 0) is 111 Å². The Morgan fingerprint density at radius 3 is 1.87 bits per heavy atom. The number of aromatic nitrogens is 1. The number of para-hydroxylation sites is 3. The molecule has 3 nitrogen and oxygen atoms in total. The molecular weight excluding hydrogens is 833 g/mol. The summed E-state index contributed by atoms with van der Waals surface area (Å²) < 4.78 is 11.9. The molecule has 2 aromatic heterocycles. The van der Waals surface area contributed by atoms with E-state index in [1.807, 2.05) is 11.3 Å². The molecule has 0 unspecified atom stereocenters. The number of ether oxygens (including phenoxy) is 1. The highest BCUT2D eigenvalue weighted by Gasteiger charge is 2.49. The second kappa shape index (κ2) is 13.8. The zero-order valence-electron chi connectivity index (χ0n) is 36.2. The Kier molecular flexibility index (Phi) is 7.58. The Balaban J connectivity index is 1.03. The zero-order valence-corrected chi connectivity index (χ0v) is 37.0. The molecule has 0 saturated carbocycles. The minimum atomic E-state index is -0.667. The first-order chi connectivity index (χ1) is 33.2. The molecule has 0 saturated heterocycles. The normalized spacial score (nSPS) is 13.3. The highest BCUT2D eigenvalue weighted by Crippen LogP contribution is 2.62. The second-order valence-electron chi connectivity index (χ2n) is 17.9. The minimum absolute atomic E-state index is 0.667. The van der Waals surface area contributed by atoms with Gasteiger partial charge in [-0.3, -0.25) is 0 Å². The number of rotatable bonds is 4. The molecule has 1 aliphatic carbocycles. The van der Waals surface area contributed by atoms with Crippen LogP contribution in [-0.4, -0.2) is 4.57 Å². The summed E-state index contributed by atoms with van der Waals surface area (Å²) in [5.74, 6) is 1.76. The van der Waals surface area contributed by atoms with Crippen molar-refractivity contribution >= 4 is 91.9 Å². The van der Waals surface area contributed by atoms with Crippen LogP contribution in [0.25, 0.3) is 80.3 Å². The maximum Gasteiger partial charge on any atom is 0.132 e. The molecule has 1 aliphatic heterocycles. The van der Waals surface area contributed by atoms with E-state index in [9.17, 15) is 0 Å². The van der Waals surface area contributed by atoms with E-state index in [1.165, 1.54) is 91.5 Å². The third kappa shape index (κ3) is 5.00. The zero-order chi connectivity index (χ0) is 43.8. The number of benzene rings is 11. The van der Waals surface area contributed by atoms with Gasteiger partial charge in [-0.15, -0.1) is 11.3 Å². The molecule has 0 radical (unpaired) electrons. The van der Waals surface area contributed by atoms with Gasteiger partial charge in [-0.1, -0.05) is 158 Å². The molecule has 0 amide bonds. The number of anilines is 3. The first-order valence-electron chi connectivity index (χ1n) is 23.0. The summed E-state index contributed by atoms with van der Waals surface area (Å²) in [7, 11) is 0. The maximum absolute atomic E-state index is 6.81. The molecule has 13 aromatic rings. The van der Waals surface area contributed by atoms with Crippen LogP contribution in [-0.2, 0) is 5.41 Å². The van der Waals surface area contributed by atoms with Gasteiger partial charge in [0.1, 0.15) is 11.5 Å². The lowest BCUT2D eigenvalue weighted by atomic mass is 9.58. The molecule has 0 N–H and O–H groups in total. The molecule has 2 aliphatic rings. The van der Waals surface area contributed by atoms with E-state index in [0.29, 0.717) is 0 Å². The minimum Gasteiger partial charge on any atom is -0.457 e. The van der Waals surface area contributed by atoms with Crippen molar-refractivity contribution < 1.29 is 4.74 Å². The number of hydrogen-bond donors (Lipinski definition) is 0. The van der Waals surface area contributed by atoms with Crippen LogP contribution in [0.5, 0.6) is 11.5 Å². The SMILES string of the molecule is c1ccc2c(c1)Oc1ccccc1C21c2cc(N(c3ccc4c(c3)c3ccccc3n4-c3cccc4sc5ccccc5c34)c3cccc4ccccc34)ccc2-c2cccc3cccc1c23. The lowest BCUT2D eigenvalue weighted by Crippen LogP contribution is -2.36. The van der Waals surface area contributed by atoms with Crippen molar-refractivity contribution in [2.75, 3.05) is 4.90 Å². The molecule has 4 heteroatoms. The molecule has 3 heterocycles. The van der Waals surface area contributed by atoms with Gasteiger partial charge in [0.25, 0.3) is 0 Å². The summed E-state index contributed by atoms with van der Waals surface area (Å²) in [6.07, 6.45) is 0. The van der Waals surface area contributed by atoms with E-state index in [-0.39, 0.29) is 0 Å². The van der Waals surface area contributed by atoms with Gasteiger partial charge in [0.05, 0.1) is 27.8 Å². The van der Waals surface area contributed by atoms with Crippen LogP contribution < -0.4 is 9.64 Å². The van der Waals surface area contributed by atoms with Crippen molar-refractivity contribution in [2.45, 2.75) is 5.41 Å². The Morgan fingerprint density at radius 1 is 0.388 bits per heavy atom. The summed E-state index contributed by atoms with van der Waals surface area (Å²) in [5, 5.41) is 9.92. The molecule has 67 heavy (non-hydrogen) atoms. The molecule has 0 bridgehead atoms. The quantitative estimate of drug-likeness (QED) is 0.175. The highest BCUT2D eigenvalue weighted by atomic mass is 32.1. The molecule has 0 atom stereocenters. The van der Waals surface area contributed by atoms with Crippen molar-refractivity contribution in [2.24, 2.45) is 0 Å². The van der Waals surface area contributed by atoms with Crippen LogP contribution in [0.15, 0.2) is 231 Å². The van der Waals surface area contributed by atoms with Crippen molar-refractivity contribution in [1.29, 1.82) is 0 Å². The molecule has 15 rings (SSSR count). The summed E-state index contributed by atoms with van der Waals surface area (Å²) in [6.45, 7) is 0. The van der Waals surface area contributed by atoms with Crippen LogP contribution >= 0.6 is 11.3 Å². The van der Waals surface area contributed by atoms with Gasteiger partial charge >= 0.3 is 0 Å². The average molecular weight is 871 g/mol.